The standard InChI is InChI=1S/C14H12N2OS/c17-14(16-9-12-2-1-7-18-12)11-4-3-10-5-6-15-13(10)8-11/h1-8,15H,9H2,(H,16,17). The lowest BCUT2D eigenvalue weighted by atomic mass is 10.1. The summed E-state index contributed by atoms with van der Waals surface area (Å²) >= 11 is 1.64. The summed E-state index contributed by atoms with van der Waals surface area (Å²) < 4.78 is 0. The summed E-state index contributed by atoms with van der Waals surface area (Å²) in [6.07, 6.45) is 1.87. The molecular weight excluding hydrogens is 244 g/mol. The molecule has 1 aromatic carbocycles. The number of fused-ring (bicyclic) bond motifs is 1. The smallest absolute Gasteiger partial charge is 0.251 e. The summed E-state index contributed by atoms with van der Waals surface area (Å²) in [5, 5.41) is 6.04. The molecule has 3 aromatic rings. The highest BCUT2D eigenvalue weighted by atomic mass is 32.1. The molecule has 0 atom stereocenters. The van der Waals surface area contributed by atoms with Gasteiger partial charge in [-0.15, -0.1) is 11.3 Å². The van der Waals surface area contributed by atoms with Crippen LogP contribution in [-0.4, -0.2) is 10.9 Å². The van der Waals surface area contributed by atoms with Gasteiger partial charge in [-0.05, 0) is 35.0 Å². The zero-order valence-electron chi connectivity index (χ0n) is 9.64. The first kappa shape index (κ1) is 11.0. The zero-order valence-corrected chi connectivity index (χ0v) is 10.5. The normalized spacial score (nSPS) is 10.7. The number of thiophene rings is 1. The molecule has 0 aliphatic rings. The first-order valence-electron chi connectivity index (χ1n) is 5.71. The van der Waals surface area contributed by atoms with E-state index < -0.39 is 0 Å². The van der Waals surface area contributed by atoms with Gasteiger partial charge in [0.15, 0.2) is 0 Å². The van der Waals surface area contributed by atoms with E-state index in [4.69, 9.17) is 0 Å². The van der Waals surface area contributed by atoms with Gasteiger partial charge in [-0.1, -0.05) is 12.1 Å². The molecule has 0 unspecified atom stereocenters. The third kappa shape index (κ3) is 2.15. The fraction of sp³-hybridized carbons (Fsp3) is 0.0714. The summed E-state index contributed by atoms with van der Waals surface area (Å²) in [6.45, 7) is 0.583. The molecule has 0 saturated heterocycles. The summed E-state index contributed by atoms with van der Waals surface area (Å²) in [4.78, 5) is 16.2. The van der Waals surface area contributed by atoms with Gasteiger partial charge in [-0.3, -0.25) is 4.79 Å². The molecule has 90 valence electrons. The number of H-pyrrole nitrogens is 1. The summed E-state index contributed by atoms with van der Waals surface area (Å²) in [7, 11) is 0. The van der Waals surface area contributed by atoms with Crippen molar-refractivity contribution in [2.75, 3.05) is 0 Å². The molecular formula is C14H12N2OS. The van der Waals surface area contributed by atoms with Crippen LogP contribution in [0.3, 0.4) is 0 Å². The van der Waals surface area contributed by atoms with Crippen molar-refractivity contribution in [3.8, 4) is 0 Å². The van der Waals surface area contributed by atoms with E-state index in [-0.39, 0.29) is 5.91 Å². The van der Waals surface area contributed by atoms with Gasteiger partial charge in [0.25, 0.3) is 5.91 Å². The number of hydrogen-bond acceptors (Lipinski definition) is 2. The monoisotopic (exact) mass is 256 g/mol. The maximum Gasteiger partial charge on any atom is 0.251 e. The Hall–Kier alpha value is -2.07. The first-order valence-corrected chi connectivity index (χ1v) is 6.58. The molecule has 0 saturated carbocycles. The molecule has 0 aliphatic carbocycles. The predicted molar refractivity (Wildman–Crippen MR) is 73.8 cm³/mol. The molecule has 3 nitrogen and oxygen atoms in total. The van der Waals surface area contributed by atoms with Crippen molar-refractivity contribution in [3.63, 3.8) is 0 Å². The van der Waals surface area contributed by atoms with Gasteiger partial charge in [0.1, 0.15) is 0 Å². The van der Waals surface area contributed by atoms with E-state index in [1.54, 1.807) is 11.3 Å². The molecule has 0 radical (unpaired) electrons. The second kappa shape index (κ2) is 4.66. The van der Waals surface area contributed by atoms with Gasteiger partial charge in [0.2, 0.25) is 0 Å². The van der Waals surface area contributed by atoms with Gasteiger partial charge >= 0.3 is 0 Å². The predicted octanol–water partition coefficient (Wildman–Crippen LogP) is 3.16. The minimum absolute atomic E-state index is 0.0418. The minimum Gasteiger partial charge on any atom is -0.361 e. The van der Waals surface area contributed by atoms with Crippen molar-refractivity contribution in [2.45, 2.75) is 6.54 Å². The quantitative estimate of drug-likeness (QED) is 0.743. The Morgan fingerprint density at radius 2 is 2.22 bits per heavy atom. The van der Waals surface area contributed by atoms with E-state index in [0.717, 1.165) is 15.8 Å². The number of carbonyl (C=O) groups is 1. The number of hydrogen-bond donors (Lipinski definition) is 2. The van der Waals surface area contributed by atoms with Crippen molar-refractivity contribution in [1.29, 1.82) is 0 Å². The number of aromatic nitrogens is 1. The lowest BCUT2D eigenvalue weighted by Crippen LogP contribution is -2.22. The first-order chi connectivity index (χ1) is 8.83. The average molecular weight is 256 g/mol. The molecule has 3 rings (SSSR count). The maximum atomic E-state index is 12.0. The Morgan fingerprint density at radius 1 is 1.28 bits per heavy atom. The SMILES string of the molecule is O=C(NCc1cccs1)c1ccc2cc[nH]c2c1. The number of aromatic amines is 1. The van der Waals surface area contributed by atoms with E-state index >= 15 is 0 Å². The van der Waals surface area contributed by atoms with E-state index in [1.165, 1.54) is 0 Å². The van der Waals surface area contributed by atoms with Crippen LogP contribution < -0.4 is 5.32 Å². The molecule has 0 aliphatic heterocycles. The van der Waals surface area contributed by atoms with E-state index in [9.17, 15) is 4.79 Å². The van der Waals surface area contributed by atoms with Gasteiger partial charge < -0.3 is 10.3 Å². The lowest BCUT2D eigenvalue weighted by molar-refractivity contribution is 0.0951. The average Bonchev–Trinajstić information content (AvgIpc) is 3.05. The van der Waals surface area contributed by atoms with Crippen LogP contribution in [0.5, 0.6) is 0 Å². The number of rotatable bonds is 3. The number of amides is 1. The Kier molecular flexibility index (Phi) is 2.86. The molecule has 2 aromatic heterocycles. The number of nitrogens with one attached hydrogen (secondary N) is 2. The molecule has 18 heavy (non-hydrogen) atoms. The summed E-state index contributed by atoms with van der Waals surface area (Å²) in [5.74, 6) is -0.0418. The van der Waals surface area contributed by atoms with E-state index in [1.807, 2.05) is 48.0 Å². The fourth-order valence-electron chi connectivity index (χ4n) is 1.87. The maximum absolute atomic E-state index is 12.0. The Balaban J connectivity index is 1.75. The second-order valence-electron chi connectivity index (χ2n) is 4.04. The highest BCUT2D eigenvalue weighted by Gasteiger charge is 2.06. The van der Waals surface area contributed by atoms with Crippen LogP contribution in [0.25, 0.3) is 10.9 Å². The van der Waals surface area contributed by atoms with Crippen LogP contribution in [0.1, 0.15) is 15.2 Å². The van der Waals surface area contributed by atoms with Crippen molar-refractivity contribution in [1.82, 2.24) is 10.3 Å². The van der Waals surface area contributed by atoms with Crippen molar-refractivity contribution < 1.29 is 4.79 Å². The van der Waals surface area contributed by atoms with Crippen LogP contribution in [-0.2, 0) is 6.54 Å². The molecule has 2 heterocycles. The van der Waals surface area contributed by atoms with Crippen LogP contribution in [0.15, 0.2) is 48.0 Å². The van der Waals surface area contributed by atoms with Crippen LogP contribution in [0.4, 0.5) is 0 Å². The fourth-order valence-corrected chi connectivity index (χ4v) is 2.52. The highest BCUT2D eigenvalue weighted by Crippen LogP contribution is 2.14. The molecule has 0 bridgehead atoms. The minimum atomic E-state index is -0.0418. The van der Waals surface area contributed by atoms with Crippen molar-refractivity contribution in [2.24, 2.45) is 0 Å². The van der Waals surface area contributed by atoms with Gasteiger partial charge in [0.05, 0.1) is 6.54 Å². The second-order valence-corrected chi connectivity index (χ2v) is 5.07. The topological polar surface area (TPSA) is 44.9 Å². The third-order valence-electron chi connectivity index (χ3n) is 2.82. The Morgan fingerprint density at radius 3 is 3.06 bits per heavy atom. The van der Waals surface area contributed by atoms with Crippen molar-refractivity contribution >= 4 is 28.1 Å². The van der Waals surface area contributed by atoms with Gasteiger partial charge in [0, 0.05) is 22.2 Å². The molecule has 2 N–H and O–H groups in total. The van der Waals surface area contributed by atoms with E-state index in [0.29, 0.717) is 12.1 Å². The highest BCUT2D eigenvalue weighted by molar-refractivity contribution is 7.09. The van der Waals surface area contributed by atoms with Crippen LogP contribution in [0, 0.1) is 0 Å². The van der Waals surface area contributed by atoms with Gasteiger partial charge in [-0.2, -0.15) is 0 Å². The largest absolute Gasteiger partial charge is 0.361 e. The van der Waals surface area contributed by atoms with Gasteiger partial charge in [-0.25, -0.2) is 0 Å². The lowest BCUT2D eigenvalue weighted by Gasteiger charge is -2.03. The summed E-state index contributed by atoms with van der Waals surface area (Å²) in [6, 6.07) is 11.7. The zero-order chi connectivity index (χ0) is 12.4. The van der Waals surface area contributed by atoms with Crippen LogP contribution in [0.2, 0.25) is 0 Å². The molecule has 0 fully saturated rings. The third-order valence-corrected chi connectivity index (χ3v) is 3.70. The number of benzene rings is 1. The molecule has 1 amide bonds. The van der Waals surface area contributed by atoms with Crippen molar-refractivity contribution in [3.05, 3.63) is 58.4 Å². The molecule has 4 heteroatoms. The Bertz CT molecular complexity index is 670. The molecule has 0 spiro atoms. The Labute approximate surface area is 108 Å². The summed E-state index contributed by atoms with van der Waals surface area (Å²) in [5.41, 5.74) is 1.67. The van der Waals surface area contributed by atoms with E-state index in [2.05, 4.69) is 10.3 Å². The number of carbonyl (C=O) groups excluding carboxylic acids is 1. The van der Waals surface area contributed by atoms with Crippen LogP contribution >= 0.6 is 11.3 Å².